The molecule has 0 atom stereocenters. The van der Waals surface area contributed by atoms with Gasteiger partial charge in [-0.15, -0.1) is 0 Å². The summed E-state index contributed by atoms with van der Waals surface area (Å²) in [4.78, 5) is 21.6. The molecule has 0 saturated carbocycles. The minimum Gasteiger partial charge on any atom is -0.507 e. The molecule has 1 aliphatic heterocycles. The van der Waals surface area contributed by atoms with Gasteiger partial charge in [0.1, 0.15) is 17.1 Å². The van der Waals surface area contributed by atoms with Crippen LogP contribution < -0.4 is 10.1 Å². The van der Waals surface area contributed by atoms with Gasteiger partial charge in [-0.05, 0) is 6.07 Å². The number of hydrogen-bond acceptors (Lipinski definition) is 4. The molecule has 0 fully saturated rings. The Morgan fingerprint density at radius 3 is 2.87 bits per heavy atom. The Bertz CT molecular complexity index is 454. The second-order valence-electron chi connectivity index (χ2n) is 3.01. The van der Waals surface area contributed by atoms with Crippen molar-refractivity contribution in [2.45, 2.75) is 0 Å². The Labute approximate surface area is 84.1 Å². The van der Waals surface area contributed by atoms with Crippen molar-refractivity contribution < 1.29 is 24.5 Å². The number of rotatable bonds is 1. The smallest absolute Gasteiger partial charge is 0.339 e. The van der Waals surface area contributed by atoms with E-state index < -0.39 is 11.7 Å². The summed E-state index contributed by atoms with van der Waals surface area (Å²) in [6.45, 7) is -0.140. The van der Waals surface area contributed by atoms with Gasteiger partial charge in [0.2, 0.25) is 0 Å². The first kappa shape index (κ1) is 9.32. The normalized spacial score (nSPS) is 13.7. The van der Waals surface area contributed by atoms with Crippen LogP contribution in [0.4, 0.5) is 5.69 Å². The SMILES string of the molecule is O=C1COc2cc(O)c(C(=O)O)cc2N1. The van der Waals surface area contributed by atoms with Crippen LogP contribution in [0.3, 0.4) is 0 Å². The number of hydrogen-bond donors (Lipinski definition) is 3. The second kappa shape index (κ2) is 3.16. The minimum atomic E-state index is -1.27. The molecule has 2 rings (SSSR count). The number of benzene rings is 1. The average Bonchev–Trinajstić information content (AvgIpc) is 2.17. The van der Waals surface area contributed by atoms with Crippen molar-refractivity contribution in [2.75, 3.05) is 11.9 Å². The van der Waals surface area contributed by atoms with Gasteiger partial charge in [0.15, 0.2) is 6.61 Å². The number of phenols is 1. The maximum atomic E-state index is 10.9. The lowest BCUT2D eigenvalue weighted by Crippen LogP contribution is -2.25. The van der Waals surface area contributed by atoms with E-state index in [2.05, 4.69) is 5.32 Å². The van der Waals surface area contributed by atoms with Crippen LogP contribution in [0, 0.1) is 0 Å². The molecule has 6 heteroatoms. The van der Waals surface area contributed by atoms with Crippen molar-refractivity contribution in [3.05, 3.63) is 17.7 Å². The Morgan fingerprint density at radius 2 is 2.20 bits per heavy atom. The van der Waals surface area contributed by atoms with E-state index in [1.54, 1.807) is 0 Å². The number of carbonyl (C=O) groups is 2. The van der Waals surface area contributed by atoms with Crippen molar-refractivity contribution in [1.29, 1.82) is 0 Å². The number of aromatic carboxylic acids is 1. The Hall–Kier alpha value is -2.24. The first-order valence-corrected chi connectivity index (χ1v) is 4.11. The lowest BCUT2D eigenvalue weighted by Gasteiger charge is -2.18. The molecular formula is C9H7NO5. The van der Waals surface area contributed by atoms with Crippen LogP contribution in [0.15, 0.2) is 12.1 Å². The minimum absolute atomic E-state index is 0.140. The van der Waals surface area contributed by atoms with Gasteiger partial charge < -0.3 is 20.3 Å². The molecule has 0 saturated heterocycles. The molecule has 15 heavy (non-hydrogen) atoms. The van der Waals surface area contributed by atoms with Crippen LogP contribution >= 0.6 is 0 Å². The van der Waals surface area contributed by atoms with Crippen LogP contribution in [0.5, 0.6) is 11.5 Å². The molecule has 3 N–H and O–H groups in total. The maximum Gasteiger partial charge on any atom is 0.339 e. The van der Waals surface area contributed by atoms with Gasteiger partial charge in [0.05, 0.1) is 5.69 Å². The molecule has 0 spiro atoms. The van der Waals surface area contributed by atoms with Crippen molar-refractivity contribution in [1.82, 2.24) is 0 Å². The molecule has 1 heterocycles. The van der Waals surface area contributed by atoms with E-state index in [-0.39, 0.29) is 29.5 Å². The standard InChI is InChI=1S/C9H7NO5/c11-6-2-7-5(1-4(6)9(13)14)10-8(12)3-15-7/h1-2,11H,3H2,(H,10,12)(H,13,14). The molecule has 1 aromatic rings. The number of anilines is 1. The third-order valence-corrected chi connectivity index (χ3v) is 1.96. The van der Waals surface area contributed by atoms with E-state index in [4.69, 9.17) is 9.84 Å². The molecule has 1 amide bonds. The first-order chi connectivity index (χ1) is 7.08. The van der Waals surface area contributed by atoms with Gasteiger partial charge in [-0.1, -0.05) is 0 Å². The van der Waals surface area contributed by atoms with Gasteiger partial charge in [-0.25, -0.2) is 4.79 Å². The van der Waals surface area contributed by atoms with Crippen LogP contribution in [-0.2, 0) is 4.79 Å². The second-order valence-corrected chi connectivity index (χ2v) is 3.01. The van der Waals surface area contributed by atoms with Gasteiger partial charge in [0, 0.05) is 6.07 Å². The highest BCUT2D eigenvalue weighted by Crippen LogP contribution is 2.34. The van der Waals surface area contributed by atoms with E-state index in [9.17, 15) is 14.7 Å². The molecule has 1 aliphatic rings. The number of nitrogens with one attached hydrogen (secondary N) is 1. The summed E-state index contributed by atoms with van der Waals surface area (Å²) in [5.74, 6) is -1.76. The van der Waals surface area contributed by atoms with Crippen LogP contribution in [0.1, 0.15) is 10.4 Å². The summed E-state index contributed by atoms with van der Waals surface area (Å²) in [5.41, 5.74) is -0.0269. The van der Waals surface area contributed by atoms with E-state index in [0.29, 0.717) is 0 Å². The Balaban J connectivity index is 2.51. The Kier molecular flexibility index (Phi) is 1.96. The molecular weight excluding hydrogens is 202 g/mol. The van der Waals surface area contributed by atoms with Crippen molar-refractivity contribution in [3.8, 4) is 11.5 Å². The maximum absolute atomic E-state index is 10.9. The fraction of sp³-hybridized carbons (Fsp3) is 0.111. The average molecular weight is 209 g/mol. The highest BCUT2D eigenvalue weighted by molar-refractivity contribution is 5.99. The zero-order chi connectivity index (χ0) is 11.0. The molecule has 0 aromatic heterocycles. The number of carboxylic acid groups (broad SMARTS) is 1. The predicted octanol–water partition coefficient (Wildman–Crippen LogP) is 0.421. The summed E-state index contributed by atoms with van der Waals surface area (Å²) >= 11 is 0. The molecule has 78 valence electrons. The molecule has 1 aromatic carbocycles. The summed E-state index contributed by atoms with van der Waals surface area (Å²) in [6.07, 6.45) is 0. The summed E-state index contributed by atoms with van der Waals surface area (Å²) < 4.78 is 4.99. The zero-order valence-corrected chi connectivity index (χ0v) is 7.48. The van der Waals surface area contributed by atoms with Crippen molar-refractivity contribution in [2.24, 2.45) is 0 Å². The van der Waals surface area contributed by atoms with E-state index in [0.717, 1.165) is 12.1 Å². The molecule has 0 aliphatic carbocycles. The summed E-state index contributed by atoms with van der Waals surface area (Å²) in [7, 11) is 0. The third kappa shape index (κ3) is 1.56. The van der Waals surface area contributed by atoms with Gasteiger partial charge >= 0.3 is 5.97 Å². The topological polar surface area (TPSA) is 95.9 Å². The third-order valence-electron chi connectivity index (χ3n) is 1.96. The molecule has 0 radical (unpaired) electrons. The lowest BCUT2D eigenvalue weighted by molar-refractivity contribution is -0.118. The van der Waals surface area contributed by atoms with Crippen molar-refractivity contribution in [3.63, 3.8) is 0 Å². The van der Waals surface area contributed by atoms with Crippen molar-refractivity contribution >= 4 is 17.6 Å². The predicted molar refractivity (Wildman–Crippen MR) is 49.2 cm³/mol. The van der Waals surface area contributed by atoms with E-state index in [1.165, 1.54) is 0 Å². The summed E-state index contributed by atoms with van der Waals surface area (Å²) in [5, 5.41) is 20.5. The fourth-order valence-electron chi connectivity index (χ4n) is 1.29. The lowest BCUT2D eigenvalue weighted by atomic mass is 10.1. The number of fused-ring (bicyclic) bond motifs is 1. The zero-order valence-electron chi connectivity index (χ0n) is 7.48. The number of amides is 1. The summed E-state index contributed by atoms with van der Waals surface area (Å²) in [6, 6.07) is 2.32. The monoisotopic (exact) mass is 209 g/mol. The number of ether oxygens (including phenoxy) is 1. The van der Waals surface area contributed by atoms with Gasteiger partial charge in [0.25, 0.3) is 5.91 Å². The molecule has 0 unspecified atom stereocenters. The van der Waals surface area contributed by atoms with Gasteiger partial charge in [-0.2, -0.15) is 0 Å². The quantitative estimate of drug-likeness (QED) is 0.582. The highest BCUT2D eigenvalue weighted by Gasteiger charge is 2.20. The molecule has 6 nitrogen and oxygen atoms in total. The van der Waals surface area contributed by atoms with Crippen LogP contribution in [-0.4, -0.2) is 28.7 Å². The number of carbonyl (C=O) groups excluding carboxylic acids is 1. The fourth-order valence-corrected chi connectivity index (χ4v) is 1.29. The van der Waals surface area contributed by atoms with Crippen LogP contribution in [0.2, 0.25) is 0 Å². The largest absolute Gasteiger partial charge is 0.507 e. The Morgan fingerprint density at radius 1 is 1.47 bits per heavy atom. The highest BCUT2D eigenvalue weighted by atomic mass is 16.5. The first-order valence-electron chi connectivity index (χ1n) is 4.11. The van der Waals surface area contributed by atoms with Gasteiger partial charge in [-0.3, -0.25) is 4.79 Å². The van der Waals surface area contributed by atoms with Crippen LogP contribution in [0.25, 0.3) is 0 Å². The van der Waals surface area contributed by atoms with E-state index in [1.807, 2.05) is 0 Å². The number of carboxylic acids is 1. The molecule has 0 bridgehead atoms. The number of aromatic hydroxyl groups is 1. The van der Waals surface area contributed by atoms with E-state index >= 15 is 0 Å².